The van der Waals surface area contributed by atoms with Gasteiger partial charge in [0, 0.05) is 17.5 Å². The molecule has 140 valence electrons. The van der Waals surface area contributed by atoms with Crippen molar-refractivity contribution in [1.82, 2.24) is 15.3 Å². The maximum atomic E-state index is 13.0. The van der Waals surface area contributed by atoms with E-state index in [-0.39, 0.29) is 22.6 Å². The number of benzene rings is 1. The number of carbonyl (C=O) groups excluding carboxylic acids is 1. The summed E-state index contributed by atoms with van der Waals surface area (Å²) in [5.41, 5.74) is 6.01. The van der Waals surface area contributed by atoms with Crippen LogP contribution in [0.25, 0.3) is 22.2 Å². The van der Waals surface area contributed by atoms with Gasteiger partial charge in [0.25, 0.3) is 17.9 Å². The molecule has 8 heteroatoms. The fourth-order valence-electron chi connectivity index (χ4n) is 2.83. The highest BCUT2D eigenvalue weighted by Gasteiger charge is 2.19. The molecular formula is C19H18F2N4O2. The van der Waals surface area contributed by atoms with Gasteiger partial charge >= 0.3 is 0 Å². The number of nitrogens with zero attached hydrogens (tertiary/aromatic N) is 1. The second-order valence-electron chi connectivity index (χ2n) is 5.98. The van der Waals surface area contributed by atoms with Gasteiger partial charge in [-0.15, -0.1) is 0 Å². The molecule has 3 aromatic rings. The first kappa shape index (κ1) is 18.5. The first-order valence-electron chi connectivity index (χ1n) is 8.42. The van der Waals surface area contributed by atoms with Gasteiger partial charge in [-0.05, 0) is 18.6 Å². The Hall–Kier alpha value is -3.29. The molecule has 0 saturated heterocycles. The highest BCUT2D eigenvalue weighted by atomic mass is 19.3. The molecule has 0 aliphatic rings. The molecule has 0 fully saturated rings. The molecule has 1 amide bonds. The van der Waals surface area contributed by atoms with Crippen LogP contribution in [0.4, 0.5) is 14.5 Å². The number of pyridine rings is 2. The molecule has 0 spiro atoms. The molecule has 0 saturated carbocycles. The topological polar surface area (TPSA) is 101 Å². The summed E-state index contributed by atoms with van der Waals surface area (Å²) in [5, 5.41) is 3.07. The number of aromatic amines is 1. The molecule has 3 rings (SSSR count). The van der Waals surface area contributed by atoms with Crippen LogP contribution >= 0.6 is 0 Å². The van der Waals surface area contributed by atoms with E-state index < -0.39 is 17.9 Å². The molecule has 0 unspecified atom stereocenters. The van der Waals surface area contributed by atoms with E-state index in [2.05, 4.69) is 15.3 Å². The second-order valence-corrected chi connectivity index (χ2v) is 5.98. The van der Waals surface area contributed by atoms with E-state index in [1.807, 2.05) is 6.92 Å². The van der Waals surface area contributed by atoms with E-state index in [0.29, 0.717) is 29.4 Å². The van der Waals surface area contributed by atoms with E-state index >= 15 is 0 Å². The number of nitrogens with one attached hydrogen (secondary N) is 2. The Morgan fingerprint density at radius 3 is 2.70 bits per heavy atom. The maximum Gasteiger partial charge on any atom is 0.280 e. The number of carbonyl (C=O) groups is 1. The van der Waals surface area contributed by atoms with Crippen molar-refractivity contribution < 1.29 is 13.6 Å². The van der Waals surface area contributed by atoms with Gasteiger partial charge in [-0.3, -0.25) is 9.59 Å². The average molecular weight is 372 g/mol. The van der Waals surface area contributed by atoms with Crippen LogP contribution < -0.4 is 16.6 Å². The van der Waals surface area contributed by atoms with Crippen molar-refractivity contribution in [2.24, 2.45) is 0 Å². The Morgan fingerprint density at radius 1 is 1.26 bits per heavy atom. The summed E-state index contributed by atoms with van der Waals surface area (Å²) in [6, 6.07) is 9.22. The van der Waals surface area contributed by atoms with Gasteiger partial charge in [-0.1, -0.05) is 31.2 Å². The van der Waals surface area contributed by atoms with Crippen LogP contribution in [0.3, 0.4) is 0 Å². The van der Waals surface area contributed by atoms with Gasteiger partial charge < -0.3 is 16.0 Å². The third-order valence-electron chi connectivity index (χ3n) is 4.12. The largest absolute Gasteiger partial charge is 0.397 e. The zero-order chi connectivity index (χ0) is 19.6. The lowest BCUT2D eigenvalue weighted by Gasteiger charge is -2.12. The first-order chi connectivity index (χ1) is 12.9. The number of rotatable bonds is 5. The lowest BCUT2D eigenvalue weighted by atomic mass is 10.0. The Balaban J connectivity index is 2.20. The predicted molar refractivity (Wildman–Crippen MR) is 99.8 cm³/mol. The summed E-state index contributed by atoms with van der Waals surface area (Å²) in [6.45, 7) is 2.31. The number of H-pyrrole nitrogens is 1. The molecule has 0 radical (unpaired) electrons. The van der Waals surface area contributed by atoms with Crippen LogP contribution in [0.5, 0.6) is 0 Å². The molecule has 0 aliphatic heterocycles. The lowest BCUT2D eigenvalue weighted by Crippen LogP contribution is -2.31. The van der Waals surface area contributed by atoms with Crippen LogP contribution in [-0.2, 0) is 0 Å². The molecule has 6 nitrogen and oxygen atoms in total. The summed E-state index contributed by atoms with van der Waals surface area (Å²) in [7, 11) is 0. The quantitative estimate of drug-likeness (QED) is 0.640. The van der Waals surface area contributed by atoms with Crippen molar-refractivity contribution in [3.63, 3.8) is 0 Å². The van der Waals surface area contributed by atoms with Crippen LogP contribution in [-0.4, -0.2) is 22.4 Å². The highest BCUT2D eigenvalue weighted by Crippen LogP contribution is 2.30. The molecular weight excluding hydrogens is 354 g/mol. The minimum Gasteiger partial charge on any atom is -0.397 e. The third kappa shape index (κ3) is 3.51. The molecule has 4 N–H and O–H groups in total. The van der Waals surface area contributed by atoms with Crippen molar-refractivity contribution in [3.05, 3.63) is 58.0 Å². The van der Waals surface area contributed by atoms with Crippen LogP contribution in [0.15, 0.2) is 41.2 Å². The molecule has 2 aromatic heterocycles. The summed E-state index contributed by atoms with van der Waals surface area (Å²) < 4.78 is 25.9. The fourth-order valence-corrected chi connectivity index (χ4v) is 2.83. The van der Waals surface area contributed by atoms with E-state index in [1.54, 1.807) is 24.3 Å². The number of alkyl halides is 2. The van der Waals surface area contributed by atoms with Crippen molar-refractivity contribution in [3.8, 4) is 11.3 Å². The SMILES string of the molecule is CCCNC(=O)c1c(N)c2cccc(-c3cccc(C(F)F)n3)c2[nH]c1=O. The Morgan fingerprint density at radius 2 is 2.00 bits per heavy atom. The highest BCUT2D eigenvalue weighted by molar-refractivity contribution is 6.08. The van der Waals surface area contributed by atoms with Crippen molar-refractivity contribution in [1.29, 1.82) is 0 Å². The van der Waals surface area contributed by atoms with Gasteiger partial charge in [0.15, 0.2) is 0 Å². The van der Waals surface area contributed by atoms with E-state index in [9.17, 15) is 18.4 Å². The fraction of sp³-hybridized carbons (Fsp3) is 0.211. The number of hydrogen-bond acceptors (Lipinski definition) is 4. The minimum atomic E-state index is -2.71. The molecule has 0 atom stereocenters. The van der Waals surface area contributed by atoms with Gasteiger partial charge in [0.05, 0.1) is 16.9 Å². The van der Waals surface area contributed by atoms with Crippen LogP contribution in [0.2, 0.25) is 0 Å². The number of fused-ring (bicyclic) bond motifs is 1. The third-order valence-corrected chi connectivity index (χ3v) is 4.12. The number of para-hydroxylation sites is 1. The zero-order valence-electron chi connectivity index (χ0n) is 14.6. The number of nitrogen functional groups attached to an aromatic ring is 1. The molecule has 0 bridgehead atoms. The van der Waals surface area contributed by atoms with Gasteiger partial charge in [-0.25, -0.2) is 13.8 Å². The van der Waals surface area contributed by atoms with Gasteiger partial charge in [0.2, 0.25) is 0 Å². The Bertz CT molecular complexity index is 1060. The minimum absolute atomic E-state index is 0.0363. The molecule has 0 aliphatic carbocycles. The monoisotopic (exact) mass is 372 g/mol. The molecule has 2 heterocycles. The Labute approximate surface area is 153 Å². The van der Waals surface area contributed by atoms with Crippen molar-refractivity contribution in [2.75, 3.05) is 12.3 Å². The Kier molecular flexibility index (Phi) is 5.16. The van der Waals surface area contributed by atoms with E-state index in [0.717, 1.165) is 0 Å². The summed E-state index contributed by atoms with van der Waals surface area (Å²) in [4.78, 5) is 31.3. The lowest BCUT2D eigenvalue weighted by molar-refractivity contribution is 0.0953. The van der Waals surface area contributed by atoms with Crippen LogP contribution in [0.1, 0.15) is 35.8 Å². The van der Waals surface area contributed by atoms with E-state index in [4.69, 9.17) is 5.73 Å². The number of aromatic nitrogens is 2. The summed E-state index contributed by atoms with van der Waals surface area (Å²) in [6.07, 6.45) is -1.99. The van der Waals surface area contributed by atoms with Crippen LogP contribution in [0, 0.1) is 0 Å². The number of hydrogen-bond donors (Lipinski definition) is 3. The first-order valence-corrected chi connectivity index (χ1v) is 8.42. The van der Waals surface area contributed by atoms with E-state index in [1.165, 1.54) is 12.1 Å². The number of amides is 1. The maximum absolute atomic E-state index is 13.0. The summed E-state index contributed by atoms with van der Waals surface area (Å²) >= 11 is 0. The smallest absolute Gasteiger partial charge is 0.280 e. The number of halogens is 2. The number of nitrogens with two attached hydrogens (primary N) is 1. The average Bonchev–Trinajstić information content (AvgIpc) is 2.66. The summed E-state index contributed by atoms with van der Waals surface area (Å²) in [5.74, 6) is -0.555. The standard InChI is InChI=1S/C19H18F2N4O2/c1-2-9-23-18(26)14-15(22)11-6-3-5-10(16(11)25-19(14)27)12-7-4-8-13(24-12)17(20)21/h3-8,17H,2,9H2,1H3,(H,23,26)(H3,22,25,27). The normalized spacial score (nSPS) is 11.1. The second kappa shape index (κ2) is 7.53. The predicted octanol–water partition coefficient (Wildman–Crippen LogP) is 3.25. The molecule has 1 aromatic carbocycles. The van der Waals surface area contributed by atoms with Gasteiger partial charge in [0.1, 0.15) is 11.3 Å². The zero-order valence-corrected chi connectivity index (χ0v) is 14.6. The van der Waals surface area contributed by atoms with Gasteiger partial charge in [-0.2, -0.15) is 0 Å². The number of anilines is 1. The van der Waals surface area contributed by atoms with Crippen molar-refractivity contribution in [2.45, 2.75) is 19.8 Å². The van der Waals surface area contributed by atoms with Crippen molar-refractivity contribution >= 4 is 22.5 Å². The molecule has 27 heavy (non-hydrogen) atoms.